The summed E-state index contributed by atoms with van der Waals surface area (Å²) >= 11 is 0. The molecule has 0 aromatic heterocycles. The summed E-state index contributed by atoms with van der Waals surface area (Å²) in [6.45, 7) is 0. The number of allylic oxidation sites excluding steroid dienone is 1. The average molecular weight is 316 g/mol. The van der Waals surface area contributed by atoms with Gasteiger partial charge >= 0.3 is 0 Å². The molecule has 0 saturated heterocycles. The first-order chi connectivity index (χ1) is 11.7. The number of hydrogen-bond acceptors (Lipinski definition) is 3. The van der Waals surface area contributed by atoms with Gasteiger partial charge in [-0.05, 0) is 34.5 Å². The molecule has 0 fully saturated rings. The molecule has 24 heavy (non-hydrogen) atoms. The van der Waals surface area contributed by atoms with E-state index in [-0.39, 0.29) is 11.7 Å². The van der Waals surface area contributed by atoms with Crippen LogP contribution in [0.3, 0.4) is 0 Å². The molecular formula is C20H13FN2O. The van der Waals surface area contributed by atoms with Crippen LogP contribution in [0.25, 0.3) is 10.8 Å². The summed E-state index contributed by atoms with van der Waals surface area (Å²) in [5.74, 6) is -0.147. The summed E-state index contributed by atoms with van der Waals surface area (Å²) in [5, 5.41) is 11.6. The van der Waals surface area contributed by atoms with Gasteiger partial charge in [-0.25, -0.2) is 4.39 Å². The minimum absolute atomic E-state index is 0.0644. The molecule has 0 aliphatic carbocycles. The molecule has 3 nitrogen and oxygen atoms in total. The maximum Gasteiger partial charge on any atom is 0.205 e. The zero-order valence-electron chi connectivity index (χ0n) is 12.7. The monoisotopic (exact) mass is 316 g/mol. The number of nitrogens with zero attached hydrogens (tertiary/aromatic N) is 1. The SMILES string of the molecule is N#CC1=C(N)Oc2ccc3ccccc3c2[C@H]1c1cccc(F)c1. The highest BCUT2D eigenvalue weighted by molar-refractivity contribution is 5.90. The lowest BCUT2D eigenvalue weighted by Crippen LogP contribution is -2.21. The summed E-state index contributed by atoms with van der Waals surface area (Å²) in [6.07, 6.45) is 0. The van der Waals surface area contributed by atoms with Crippen LogP contribution in [0, 0.1) is 17.1 Å². The van der Waals surface area contributed by atoms with Crippen molar-refractivity contribution in [1.82, 2.24) is 0 Å². The average Bonchev–Trinajstić information content (AvgIpc) is 2.60. The number of halogens is 1. The number of fused-ring (bicyclic) bond motifs is 3. The fraction of sp³-hybridized carbons (Fsp3) is 0.0500. The first kappa shape index (κ1) is 14.3. The molecule has 4 heteroatoms. The van der Waals surface area contributed by atoms with Gasteiger partial charge in [0.15, 0.2) is 0 Å². The second kappa shape index (κ2) is 5.39. The van der Waals surface area contributed by atoms with E-state index in [9.17, 15) is 9.65 Å². The number of benzene rings is 3. The normalized spacial score (nSPS) is 16.4. The van der Waals surface area contributed by atoms with Crippen LogP contribution in [-0.4, -0.2) is 0 Å². The predicted octanol–water partition coefficient (Wildman–Crippen LogP) is 4.20. The van der Waals surface area contributed by atoms with Crippen molar-refractivity contribution >= 4 is 10.8 Å². The Labute approximate surface area is 138 Å². The van der Waals surface area contributed by atoms with Crippen LogP contribution in [0.15, 0.2) is 72.1 Å². The van der Waals surface area contributed by atoms with Crippen LogP contribution in [0.1, 0.15) is 17.0 Å². The van der Waals surface area contributed by atoms with Crippen molar-refractivity contribution in [2.45, 2.75) is 5.92 Å². The van der Waals surface area contributed by atoms with E-state index >= 15 is 0 Å². The number of rotatable bonds is 1. The Morgan fingerprint density at radius 1 is 1.04 bits per heavy atom. The second-order valence-electron chi connectivity index (χ2n) is 5.68. The molecule has 3 aromatic carbocycles. The molecule has 1 atom stereocenters. The van der Waals surface area contributed by atoms with E-state index in [1.54, 1.807) is 12.1 Å². The molecule has 2 N–H and O–H groups in total. The lowest BCUT2D eigenvalue weighted by molar-refractivity contribution is 0.395. The quantitative estimate of drug-likeness (QED) is 0.732. The van der Waals surface area contributed by atoms with E-state index in [0.717, 1.165) is 16.3 Å². The number of hydrogen-bond donors (Lipinski definition) is 1. The van der Waals surface area contributed by atoms with Gasteiger partial charge in [-0.15, -0.1) is 0 Å². The molecule has 0 spiro atoms. The fourth-order valence-corrected chi connectivity index (χ4v) is 3.26. The van der Waals surface area contributed by atoms with Crippen molar-refractivity contribution in [3.8, 4) is 11.8 Å². The van der Waals surface area contributed by atoms with Gasteiger partial charge in [0.2, 0.25) is 5.88 Å². The second-order valence-corrected chi connectivity index (χ2v) is 5.68. The maximum atomic E-state index is 13.8. The van der Waals surface area contributed by atoms with Crippen molar-refractivity contribution < 1.29 is 9.13 Å². The largest absolute Gasteiger partial charge is 0.440 e. The standard InChI is InChI=1S/C20H13FN2O/c21-14-6-3-5-13(10-14)18-16(11-22)20(23)24-17-9-8-12-4-1-2-7-15(12)19(17)18/h1-10,18H,23H2/t18-/m0/s1. The van der Waals surface area contributed by atoms with Gasteiger partial charge in [-0.2, -0.15) is 5.26 Å². The molecule has 4 rings (SSSR count). The minimum atomic E-state index is -0.458. The molecule has 1 aliphatic rings. The van der Waals surface area contributed by atoms with Crippen LogP contribution in [-0.2, 0) is 0 Å². The number of nitrogens with two attached hydrogens (primary N) is 1. The molecule has 0 unspecified atom stereocenters. The van der Waals surface area contributed by atoms with Crippen molar-refractivity contribution in [3.05, 3.63) is 89.1 Å². The van der Waals surface area contributed by atoms with E-state index in [0.29, 0.717) is 16.9 Å². The molecule has 0 bridgehead atoms. The summed E-state index contributed by atoms with van der Waals surface area (Å²) in [6, 6.07) is 20.0. The summed E-state index contributed by atoms with van der Waals surface area (Å²) in [4.78, 5) is 0. The third-order valence-corrected chi connectivity index (χ3v) is 4.30. The first-order valence-electron chi connectivity index (χ1n) is 7.53. The molecular weight excluding hydrogens is 303 g/mol. The van der Waals surface area contributed by atoms with Crippen molar-refractivity contribution in [2.24, 2.45) is 5.73 Å². The van der Waals surface area contributed by atoms with E-state index in [4.69, 9.17) is 10.5 Å². The first-order valence-corrected chi connectivity index (χ1v) is 7.53. The van der Waals surface area contributed by atoms with Crippen LogP contribution >= 0.6 is 0 Å². The van der Waals surface area contributed by atoms with Gasteiger partial charge in [0.1, 0.15) is 23.2 Å². The topological polar surface area (TPSA) is 59.0 Å². The van der Waals surface area contributed by atoms with E-state index < -0.39 is 5.92 Å². The Morgan fingerprint density at radius 2 is 1.88 bits per heavy atom. The summed E-state index contributed by atoms with van der Waals surface area (Å²) in [7, 11) is 0. The molecule has 0 saturated carbocycles. The van der Waals surface area contributed by atoms with Gasteiger partial charge < -0.3 is 10.5 Å². The van der Waals surface area contributed by atoms with Gasteiger partial charge in [-0.1, -0.05) is 42.5 Å². The van der Waals surface area contributed by atoms with Gasteiger partial charge in [0.25, 0.3) is 0 Å². The number of ether oxygens (including phenoxy) is 1. The van der Waals surface area contributed by atoms with Gasteiger partial charge in [-0.3, -0.25) is 0 Å². The molecule has 116 valence electrons. The Kier molecular flexibility index (Phi) is 3.21. The zero-order valence-corrected chi connectivity index (χ0v) is 12.7. The molecule has 1 aliphatic heterocycles. The Morgan fingerprint density at radius 3 is 2.67 bits per heavy atom. The van der Waals surface area contributed by atoms with Crippen molar-refractivity contribution in [2.75, 3.05) is 0 Å². The summed E-state index contributed by atoms with van der Waals surface area (Å²) in [5.41, 5.74) is 7.76. The number of nitriles is 1. The Balaban J connectivity index is 2.07. The van der Waals surface area contributed by atoms with Crippen molar-refractivity contribution in [1.29, 1.82) is 5.26 Å². The minimum Gasteiger partial charge on any atom is -0.440 e. The van der Waals surface area contributed by atoms with E-state index in [1.807, 2.05) is 36.4 Å². The predicted molar refractivity (Wildman–Crippen MR) is 89.6 cm³/mol. The van der Waals surface area contributed by atoms with Gasteiger partial charge in [0.05, 0.1) is 5.92 Å². The molecule has 3 aromatic rings. The highest BCUT2D eigenvalue weighted by atomic mass is 19.1. The van der Waals surface area contributed by atoms with Gasteiger partial charge in [0, 0.05) is 5.56 Å². The third-order valence-electron chi connectivity index (χ3n) is 4.30. The third kappa shape index (κ3) is 2.10. The molecule has 0 radical (unpaired) electrons. The molecule has 0 amide bonds. The van der Waals surface area contributed by atoms with Crippen LogP contribution < -0.4 is 10.5 Å². The van der Waals surface area contributed by atoms with Crippen LogP contribution in [0.2, 0.25) is 0 Å². The highest BCUT2D eigenvalue weighted by Crippen LogP contribution is 2.45. The van der Waals surface area contributed by atoms with Crippen molar-refractivity contribution in [3.63, 3.8) is 0 Å². The molecule has 1 heterocycles. The Bertz CT molecular complexity index is 1030. The zero-order chi connectivity index (χ0) is 16.7. The lowest BCUT2D eigenvalue weighted by Gasteiger charge is -2.27. The van der Waals surface area contributed by atoms with E-state index in [2.05, 4.69) is 6.07 Å². The maximum absolute atomic E-state index is 13.8. The Hall–Kier alpha value is -3.32. The highest BCUT2D eigenvalue weighted by Gasteiger charge is 2.32. The fourth-order valence-electron chi connectivity index (χ4n) is 3.26. The smallest absolute Gasteiger partial charge is 0.205 e. The van der Waals surface area contributed by atoms with Crippen LogP contribution in [0.5, 0.6) is 5.75 Å². The van der Waals surface area contributed by atoms with E-state index in [1.165, 1.54) is 12.1 Å². The van der Waals surface area contributed by atoms with Crippen LogP contribution in [0.4, 0.5) is 4.39 Å². The lowest BCUT2D eigenvalue weighted by atomic mass is 9.81. The summed E-state index contributed by atoms with van der Waals surface area (Å²) < 4.78 is 19.4.